The van der Waals surface area contributed by atoms with Crippen LogP contribution in [0, 0.1) is 17.3 Å². The van der Waals surface area contributed by atoms with Crippen LogP contribution in [0.3, 0.4) is 0 Å². The van der Waals surface area contributed by atoms with Gasteiger partial charge in [0.1, 0.15) is 0 Å². The third kappa shape index (κ3) is 5.09. The summed E-state index contributed by atoms with van der Waals surface area (Å²) < 4.78 is 0. The zero-order valence-electron chi connectivity index (χ0n) is 13.1. The van der Waals surface area contributed by atoms with Crippen molar-refractivity contribution >= 4 is 23.1 Å². The predicted molar refractivity (Wildman–Crippen MR) is 86.0 cm³/mol. The molecule has 1 atom stereocenters. The van der Waals surface area contributed by atoms with Crippen LogP contribution in [0.25, 0.3) is 0 Å². The molecule has 0 rings (SSSR count). The number of rotatable bonds is 9. The summed E-state index contributed by atoms with van der Waals surface area (Å²) in [5.41, 5.74) is 5.22. The summed E-state index contributed by atoms with van der Waals surface area (Å²) in [6.07, 6.45) is 3.28. The van der Waals surface area contributed by atoms with E-state index in [9.17, 15) is 4.79 Å². The third-order valence-corrected chi connectivity index (χ3v) is 4.37. The monoisotopic (exact) mass is 286 g/mol. The number of carbonyl (C=O) groups is 1. The molecular weight excluding hydrogens is 256 g/mol. The summed E-state index contributed by atoms with van der Waals surface area (Å²) in [5.74, 6) is 1.02. The van der Waals surface area contributed by atoms with Crippen LogP contribution in [0.15, 0.2) is 0 Å². The molecule has 4 heteroatoms. The quantitative estimate of drug-likeness (QED) is 0.640. The molecule has 112 valence electrons. The lowest BCUT2D eigenvalue weighted by Crippen LogP contribution is -2.50. The summed E-state index contributed by atoms with van der Waals surface area (Å²) in [6.45, 7) is 11.3. The van der Waals surface area contributed by atoms with Gasteiger partial charge in [-0.3, -0.25) is 4.79 Å². The lowest BCUT2D eigenvalue weighted by atomic mass is 9.78. The Kier molecular flexibility index (Phi) is 8.23. The van der Waals surface area contributed by atoms with Crippen molar-refractivity contribution in [3.05, 3.63) is 0 Å². The van der Waals surface area contributed by atoms with Gasteiger partial charge < -0.3 is 11.1 Å². The van der Waals surface area contributed by atoms with E-state index in [0.717, 1.165) is 25.7 Å². The SMILES string of the molecule is CCCC(CCC)(C(=O)NCC(C)C(C)C)C(N)=S. The lowest BCUT2D eigenvalue weighted by molar-refractivity contribution is -0.128. The molecule has 0 bridgehead atoms. The van der Waals surface area contributed by atoms with Crippen LogP contribution in [0.2, 0.25) is 0 Å². The molecule has 19 heavy (non-hydrogen) atoms. The Morgan fingerprint density at radius 1 is 1.21 bits per heavy atom. The van der Waals surface area contributed by atoms with Crippen LogP contribution < -0.4 is 11.1 Å². The fourth-order valence-electron chi connectivity index (χ4n) is 2.22. The van der Waals surface area contributed by atoms with E-state index < -0.39 is 5.41 Å². The van der Waals surface area contributed by atoms with Gasteiger partial charge in [-0.1, -0.05) is 59.7 Å². The Balaban J connectivity index is 4.85. The van der Waals surface area contributed by atoms with E-state index >= 15 is 0 Å². The van der Waals surface area contributed by atoms with Crippen LogP contribution in [-0.4, -0.2) is 17.4 Å². The minimum atomic E-state index is -0.657. The van der Waals surface area contributed by atoms with Crippen LogP contribution >= 0.6 is 12.2 Å². The Hall–Kier alpha value is -0.640. The molecule has 0 aliphatic carbocycles. The van der Waals surface area contributed by atoms with Crippen molar-refractivity contribution in [2.24, 2.45) is 23.0 Å². The molecule has 1 amide bonds. The number of nitrogens with one attached hydrogen (secondary N) is 1. The number of amides is 1. The summed E-state index contributed by atoms with van der Waals surface area (Å²) >= 11 is 5.18. The van der Waals surface area contributed by atoms with Crippen molar-refractivity contribution in [2.45, 2.75) is 60.3 Å². The second kappa shape index (κ2) is 8.51. The van der Waals surface area contributed by atoms with Gasteiger partial charge in [-0.2, -0.15) is 0 Å². The van der Waals surface area contributed by atoms with Gasteiger partial charge >= 0.3 is 0 Å². The lowest BCUT2D eigenvalue weighted by Gasteiger charge is -2.31. The third-order valence-electron chi connectivity index (χ3n) is 3.98. The van der Waals surface area contributed by atoms with Crippen LogP contribution in [0.5, 0.6) is 0 Å². The molecule has 0 aromatic rings. The van der Waals surface area contributed by atoms with Gasteiger partial charge in [0, 0.05) is 6.54 Å². The van der Waals surface area contributed by atoms with E-state index in [4.69, 9.17) is 18.0 Å². The summed E-state index contributed by atoms with van der Waals surface area (Å²) in [6, 6.07) is 0. The summed E-state index contributed by atoms with van der Waals surface area (Å²) in [7, 11) is 0. The Morgan fingerprint density at radius 2 is 1.68 bits per heavy atom. The molecule has 0 aromatic heterocycles. The van der Waals surface area contributed by atoms with E-state index in [0.29, 0.717) is 23.4 Å². The molecule has 0 spiro atoms. The van der Waals surface area contributed by atoms with E-state index in [1.165, 1.54) is 0 Å². The van der Waals surface area contributed by atoms with Crippen molar-refractivity contribution < 1.29 is 4.79 Å². The first-order chi connectivity index (χ1) is 8.81. The van der Waals surface area contributed by atoms with Crippen LogP contribution in [0.1, 0.15) is 60.3 Å². The average Bonchev–Trinajstić information content (AvgIpc) is 2.34. The molecule has 0 fully saturated rings. The Bertz CT molecular complexity index is 297. The molecule has 3 N–H and O–H groups in total. The second-order valence-corrected chi connectivity index (χ2v) is 6.32. The van der Waals surface area contributed by atoms with Gasteiger partial charge in [0.05, 0.1) is 10.4 Å². The number of hydrogen-bond acceptors (Lipinski definition) is 2. The second-order valence-electron chi connectivity index (χ2n) is 5.88. The Morgan fingerprint density at radius 3 is 2.00 bits per heavy atom. The summed E-state index contributed by atoms with van der Waals surface area (Å²) in [5, 5.41) is 3.05. The normalized spacial score (nSPS) is 13.4. The van der Waals surface area contributed by atoms with E-state index in [2.05, 4.69) is 39.9 Å². The highest BCUT2D eigenvalue weighted by atomic mass is 32.1. The zero-order valence-corrected chi connectivity index (χ0v) is 13.9. The van der Waals surface area contributed by atoms with Gasteiger partial charge in [0.15, 0.2) is 0 Å². The first kappa shape index (κ1) is 18.4. The number of carbonyl (C=O) groups excluding carboxylic acids is 1. The molecule has 0 radical (unpaired) electrons. The van der Waals surface area contributed by atoms with Gasteiger partial charge in [-0.05, 0) is 24.7 Å². The molecule has 1 unspecified atom stereocenters. The van der Waals surface area contributed by atoms with Crippen molar-refractivity contribution in [3.8, 4) is 0 Å². The molecule has 0 saturated carbocycles. The molecule has 3 nitrogen and oxygen atoms in total. The average molecular weight is 286 g/mol. The molecule has 0 heterocycles. The molecule has 0 saturated heterocycles. The molecule has 0 aliphatic rings. The molecule has 0 aliphatic heterocycles. The minimum Gasteiger partial charge on any atom is -0.392 e. The predicted octanol–water partition coefficient (Wildman–Crippen LogP) is 3.27. The van der Waals surface area contributed by atoms with Crippen molar-refractivity contribution in [1.29, 1.82) is 0 Å². The topological polar surface area (TPSA) is 55.1 Å². The Labute approximate surface area is 123 Å². The van der Waals surface area contributed by atoms with Crippen molar-refractivity contribution in [3.63, 3.8) is 0 Å². The van der Waals surface area contributed by atoms with Crippen molar-refractivity contribution in [2.75, 3.05) is 6.54 Å². The maximum absolute atomic E-state index is 12.5. The van der Waals surface area contributed by atoms with Gasteiger partial charge in [-0.25, -0.2) is 0 Å². The first-order valence-electron chi connectivity index (χ1n) is 7.40. The van der Waals surface area contributed by atoms with Crippen LogP contribution in [0.4, 0.5) is 0 Å². The molecular formula is C15H30N2OS. The maximum atomic E-state index is 12.5. The van der Waals surface area contributed by atoms with Crippen molar-refractivity contribution in [1.82, 2.24) is 5.32 Å². The largest absolute Gasteiger partial charge is 0.392 e. The van der Waals surface area contributed by atoms with E-state index in [1.54, 1.807) is 0 Å². The summed E-state index contributed by atoms with van der Waals surface area (Å²) in [4.78, 5) is 12.9. The highest BCUT2D eigenvalue weighted by Crippen LogP contribution is 2.31. The van der Waals surface area contributed by atoms with Gasteiger partial charge in [0.25, 0.3) is 0 Å². The van der Waals surface area contributed by atoms with Gasteiger partial charge in [-0.15, -0.1) is 0 Å². The number of hydrogen-bond donors (Lipinski definition) is 2. The number of nitrogens with two attached hydrogens (primary N) is 1. The highest BCUT2D eigenvalue weighted by molar-refractivity contribution is 7.80. The standard InChI is InChI=1S/C15H30N2OS/c1-6-8-15(9-7-2,13(16)19)14(18)17-10-12(5)11(3)4/h11-12H,6-10H2,1-5H3,(H2,16,19)(H,17,18). The zero-order chi connectivity index (χ0) is 15.1. The van der Waals surface area contributed by atoms with Crippen LogP contribution in [-0.2, 0) is 4.79 Å². The highest BCUT2D eigenvalue weighted by Gasteiger charge is 2.39. The first-order valence-corrected chi connectivity index (χ1v) is 7.80. The number of thiocarbonyl (C=S) groups is 1. The molecule has 0 aromatic carbocycles. The fourth-order valence-corrected chi connectivity index (χ4v) is 2.52. The maximum Gasteiger partial charge on any atom is 0.233 e. The minimum absolute atomic E-state index is 0.0104. The van der Waals surface area contributed by atoms with Gasteiger partial charge in [0.2, 0.25) is 5.91 Å². The van der Waals surface area contributed by atoms with E-state index in [1.807, 2.05) is 0 Å². The van der Waals surface area contributed by atoms with E-state index in [-0.39, 0.29) is 5.91 Å². The fraction of sp³-hybridized carbons (Fsp3) is 0.867. The smallest absolute Gasteiger partial charge is 0.233 e.